The van der Waals surface area contributed by atoms with Gasteiger partial charge in [0.2, 0.25) is 0 Å². The van der Waals surface area contributed by atoms with Crippen molar-refractivity contribution in [1.29, 1.82) is 0 Å². The van der Waals surface area contributed by atoms with Crippen molar-refractivity contribution >= 4 is 57.8 Å². The molecule has 0 aromatic heterocycles. The van der Waals surface area contributed by atoms with Crippen LogP contribution in [0.1, 0.15) is 26.3 Å². The lowest BCUT2D eigenvalue weighted by Crippen LogP contribution is -2.17. The van der Waals surface area contributed by atoms with Crippen molar-refractivity contribution in [3.63, 3.8) is 0 Å². The second-order valence-electron chi connectivity index (χ2n) is 6.80. The minimum absolute atomic E-state index is 0.000263. The summed E-state index contributed by atoms with van der Waals surface area (Å²) in [5, 5.41) is 27.2. The number of hydrogen-bond donors (Lipinski definition) is 2. The van der Waals surface area contributed by atoms with E-state index in [1.165, 1.54) is 30.3 Å². The zero-order valence-corrected chi connectivity index (χ0v) is 18.3. The summed E-state index contributed by atoms with van der Waals surface area (Å²) in [5.74, 6) is -1.48. The summed E-state index contributed by atoms with van der Waals surface area (Å²) < 4.78 is 0. The van der Waals surface area contributed by atoms with E-state index in [0.717, 1.165) is 17.7 Å². The van der Waals surface area contributed by atoms with E-state index in [-0.39, 0.29) is 43.9 Å². The molecule has 0 saturated heterocycles. The van der Waals surface area contributed by atoms with Crippen molar-refractivity contribution in [1.82, 2.24) is 0 Å². The highest BCUT2D eigenvalue weighted by Gasteiger charge is 2.20. The quantitative estimate of drug-likeness (QED) is 0.340. The molecule has 2 amide bonds. The molecule has 2 N–H and O–H groups in total. The summed E-state index contributed by atoms with van der Waals surface area (Å²) in [5.41, 5.74) is 0.184. The van der Waals surface area contributed by atoms with Crippen molar-refractivity contribution in [3.8, 4) is 0 Å². The standard InChI is InChI=1S/C21H14Cl2N4O6/c1-11-2-7-18(24-20(28)14-9-12(26(30)31)3-5-16(14)22)19(8-11)25-21(29)15-10-13(27(32)33)4-6-17(15)23/h2-10H,1H3,(H,24,28)(H,25,29). The normalized spacial score (nSPS) is 10.4. The zero-order valence-electron chi connectivity index (χ0n) is 16.8. The number of hydrogen-bond acceptors (Lipinski definition) is 6. The number of halogens is 2. The topological polar surface area (TPSA) is 144 Å². The summed E-state index contributed by atoms with van der Waals surface area (Å²) >= 11 is 12.1. The van der Waals surface area contributed by atoms with Gasteiger partial charge in [0.15, 0.2) is 0 Å². The average Bonchev–Trinajstić information content (AvgIpc) is 2.75. The van der Waals surface area contributed by atoms with E-state index < -0.39 is 21.7 Å². The molecule has 0 aliphatic carbocycles. The number of nitrogens with one attached hydrogen (secondary N) is 2. The van der Waals surface area contributed by atoms with Crippen LogP contribution in [0.15, 0.2) is 54.6 Å². The van der Waals surface area contributed by atoms with Crippen molar-refractivity contribution < 1.29 is 19.4 Å². The number of amides is 2. The molecule has 0 spiro atoms. The van der Waals surface area contributed by atoms with E-state index >= 15 is 0 Å². The Balaban J connectivity index is 1.92. The van der Waals surface area contributed by atoms with Crippen LogP contribution in [0, 0.1) is 27.2 Å². The molecule has 12 heteroatoms. The average molecular weight is 489 g/mol. The lowest BCUT2D eigenvalue weighted by Gasteiger charge is -2.14. The van der Waals surface area contributed by atoms with Crippen LogP contribution in [0.5, 0.6) is 0 Å². The summed E-state index contributed by atoms with van der Waals surface area (Å²) in [4.78, 5) is 46.2. The van der Waals surface area contributed by atoms with Crippen LogP contribution in [-0.4, -0.2) is 21.7 Å². The van der Waals surface area contributed by atoms with Crippen LogP contribution in [-0.2, 0) is 0 Å². The van der Waals surface area contributed by atoms with Gasteiger partial charge in [-0.15, -0.1) is 0 Å². The first-order valence-electron chi connectivity index (χ1n) is 9.18. The van der Waals surface area contributed by atoms with Gasteiger partial charge >= 0.3 is 0 Å². The molecule has 0 bridgehead atoms. The minimum Gasteiger partial charge on any atom is -0.320 e. The Hall–Kier alpha value is -4.02. The first-order valence-corrected chi connectivity index (χ1v) is 9.93. The Bertz CT molecular complexity index is 1310. The van der Waals surface area contributed by atoms with Gasteiger partial charge in [-0.05, 0) is 36.8 Å². The fourth-order valence-corrected chi connectivity index (χ4v) is 3.26. The van der Waals surface area contributed by atoms with E-state index in [2.05, 4.69) is 10.6 Å². The maximum atomic E-state index is 12.8. The van der Waals surface area contributed by atoms with Crippen LogP contribution in [0.4, 0.5) is 22.7 Å². The summed E-state index contributed by atoms with van der Waals surface area (Å²) in [6.45, 7) is 1.75. The fourth-order valence-electron chi connectivity index (χ4n) is 2.85. The van der Waals surface area contributed by atoms with E-state index in [9.17, 15) is 29.8 Å². The zero-order chi connectivity index (χ0) is 24.3. The van der Waals surface area contributed by atoms with Gasteiger partial charge in [0.25, 0.3) is 23.2 Å². The van der Waals surface area contributed by atoms with E-state index in [0.29, 0.717) is 0 Å². The number of carbonyl (C=O) groups excluding carboxylic acids is 2. The maximum Gasteiger partial charge on any atom is 0.270 e. The van der Waals surface area contributed by atoms with E-state index in [4.69, 9.17) is 23.2 Å². The first-order chi connectivity index (χ1) is 15.6. The first kappa shape index (κ1) is 23.6. The number of non-ortho nitro benzene ring substituents is 2. The van der Waals surface area contributed by atoms with Crippen molar-refractivity contribution in [2.45, 2.75) is 6.92 Å². The Kier molecular flexibility index (Phi) is 6.90. The second kappa shape index (κ2) is 9.63. The molecule has 33 heavy (non-hydrogen) atoms. The Labute approximate surface area is 196 Å². The summed E-state index contributed by atoms with van der Waals surface area (Å²) in [6.07, 6.45) is 0. The highest BCUT2D eigenvalue weighted by molar-refractivity contribution is 6.35. The van der Waals surface area contributed by atoms with Gasteiger partial charge in [-0.2, -0.15) is 0 Å². The van der Waals surface area contributed by atoms with Gasteiger partial charge in [0, 0.05) is 24.3 Å². The number of aryl methyl sites for hydroxylation is 1. The SMILES string of the molecule is Cc1ccc(NC(=O)c2cc([N+](=O)[O-])ccc2Cl)c(NC(=O)c2cc([N+](=O)[O-])ccc2Cl)c1. The van der Waals surface area contributed by atoms with Gasteiger partial charge < -0.3 is 10.6 Å². The number of nitro groups is 2. The number of anilines is 2. The van der Waals surface area contributed by atoms with Crippen LogP contribution in [0.3, 0.4) is 0 Å². The molecule has 3 aromatic carbocycles. The molecule has 0 aliphatic heterocycles. The maximum absolute atomic E-state index is 12.8. The number of nitrogens with zero attached hydrogens (tertiary/aromatic N) is 2. The van der Waals surface area contributed by atoms with Crippen molar-refractivity contribution in [2.75, 3.05) is 10.6 Å². The summed E-state index contributed by atoms with van der Waals surface area (Å²) in [6, 6.07) is 11.6. The predicted molar refractivity (Wildman–Crippen MR) is 123 cm³/mol. The largest absolute Gasteiger partial charge is 0.320 e. The predicted octanol–water partition coefficient (Wildman–Crippen LogP) is 5.62. The monoisotopic (exact) mass is 488 g/mol. The van der Waals surface area contributed by atoms with Gasteiger partial charge in [0.05, 0.1) is 42.4 Å². The van der Waals surface area contributed by atoms with Gasteiger partial charge in [0.1, 0.15) is 0 Å². The highest BCUT2D eigenvalue weighted by atomic mass is 35.5. The Morgan fingerprint density at radius 1 is 0.727 bits per heavy atom. The molecule has 0 aliphatic rings. The number of rotatable bonds is 6. The highest BCUT2D eigenvalue weighted by Crippen LogP contribution is 2.29. The minimum atomic E-state index is -0.739. The van der Waals surface area contributed by atoms with Gasteiger partial charge in [-0.3, -0.25) is 29.8 Å². The summed E-state index contributed by atoms with van der Waals surface area (Å²) in [7, 11) is 0. The lowest BCUT2D eigenvalue weighted by molar-refractivity contribution is -0.385. The molecule has 0 heterocycles. The number of carbonyl (C=O) groups is 2. The molecule has 3 rings (SSSR count). The molecular formula is C21H14Cl2N4O6. The third-order valence-corrected chi connectivity index (χ3v) is 5.14. The van der Waals surface area contributed by atoms with Crippen molar-refractivity contribution in [3.05, 3.63) is 102 Å². The van der Waals surface area contributed by atoms with E-state index in [1.54, 1.807) is 19.1 Å². The van der Waals surface area contributed by atoms with E-state index in [1.807, 2.05) is 0 Å². The molecule has 0 saturated carbocycles. The molecule has 168 valence electrons. The van der Waals surface area contributed by atoms with Crippen LogP contribution in [0.25, 0.3) is 0 Å². The van der Waals surface area contributed by atoms with Crippen LogP contribution in [0.2, 0.25) is 10.0 Å². The molecule has 0 radical (unpaired) electrons. The smallest absolute Gasteiger partial charge is 0.270 e. The molecule has 0 unspecified atom stereocenters. The molecule has 0 fully saturated rings. The Morgan fingerprint density at radius 3 is 1.64 bits per heavy atom. The number of benzene rings is 3. The van der Waals surface area contributed by atoms with Crippen LogP contribution < -0.4 is 10.6 Å². The molecule has 10 nitrogen and oxygen atoms in total. The molecule has 0 atom stereocenters. The third kappa shape index (κ3) is 5.43. The molecular weight excluding hydrogens is 475 g/mol. The lowest BCUT2D eigenvalue weighted by atomic mass is 10.1. The second-order valence-corrected chi connectivity index (χ2v) is 7.61. The van der Waals surface area contributed by atoms with Crippen molar-refractivity contribution in [2.24, 2.45) is 0 Å². The third-order valence-electron chi connectivity index (χ3n) is 4.48. The van der Waals surface area contributed by atoms with Gasteiger partial charge in [-0.25, -0.2) is 0 Å². The number of nitro benzene ring substituents is 2. The Morgan fingerprint density at radius 2 is 1.18 bits per heavy atom. The molecule has 3 aromatic rings. The van der Waals surface area contributed by atoms with Gasteiger partial charge in [-0.1, -0.05) is 29.3 Å². The van der Waals surface area contributed by atoms with Crippen LogP contribution >= 0.6 is 23.2 Å². The fraction of sp³-hybridized carbons (Fsp3) is 0.0476.